The summed E-state index contributed by atoms with van der Waals surface area (Å²) < 4.78 is 30.0. The molecule has 2 N–H and O–H groups in total. The smallest absolute Gasteiger partial charge is 0.449 e. The van der Waals surface area contributed by atoms with Crippen molar-refractivity contribution in [3.05, 3.63) is 60.7 Å². The third kappa shape index (κ3) is 6.02. The molecular weight excluding hydrogens is 415 g/mol. The minimum absolute atomic E-state index is 0.316. The van der Waals surface area contributed by atoms with Gasteiger partial charge in [0.05, 0.1) is 19.1 Å². The molecule has 2 saturated heterocycles. The molecule has 2 fully saturated rings. The number of piperidine rings is 2. The SMILES string of the molecule is O=C(NP(=O)(Oc1ccccc1)Oc1ccccc1)OC[C@H]1CCC[NH+]2CCCC[C@H]12. The quantitative estimate of drug-likeness (QED) is 0.634. The number of hydrogen-bond donors (Lipinski definition) is 2. The van der Waals surface area contributed by atoms with Crippen molar-refractivity contribution in [1.82, 2.24) is 5.09 Å². The second-order valence-electron chi connectivity index (χ2n) is 8.18. The number of benzene rings is 2. The molecule has 0 aliphatic carbocycles. The summed E-state index contributed by atoms with van der Waals surface area (Å²) in [5, 5.41) is 2.35. The van der Waals surface area contributed by atoms with Crippen molar-refractivity contribution in [2.24, 2.45) is 5.92 Å². The number of carbonyl (C=O) groups is 1. The number of amides is 1. The topological polar surface area (TPSA) is 78.3 Å². The summed E-state index contributed by atoms with van der Waals surface area (Å²) in [5.41, 5.74) is 0. The van der Waals surface area contributed by atoms with E-state index in [1.807, 2.05) is 12.1 Å². The number of rotatable bonds is 7. The zero-order valence-corrected chi connectivity index (χ0v) is 18.5. The number of ether oxygens (including phenoxy) is 1. The predicted molar refractivity (Wildman–Crippen MR) is 117 cm³/mol. The normalized spacial score (nSPS) is 23.3. The standard InChI is InChI=1S/C23H29N2O5P/c26-23(28-18-19-10-9-17-25-16-8-7-15-22(19)25)24-31(27,29-20-11-3-1-4-12-20)30-21-13-5-2-6-14-21/h1-6,11-14,19,22H,7-10,15-18H2,(H,24,26,27)/p+1/t19-,22-/m1/s1. The van der Waals surface area contributed by atoms with Crippen LogP contribution in [0.15, 0.2) is 60.7 Å². The molecule has 1 unspecified atom stereocenters. The minimum atomic E-state index is -4.05. The van der Waals surface area contributed by atoms with E-state index < -0.39 is 13.8 Å². The summed E-state index contributed by atoms with van der Waals surface area (Å²) in [5.74, 6) is 0.992. The lowest BCUT2D eigenvalue weighted by Crippen LogP contribution is -3.18. The molecule has 166 valence electrons. The van der Waals surface area contributed by atoms with Crippen molar-refractivity contribution in [3.8, 4) is 11.5 Å². The Morgan fingerprint density at radius 2 is 1.52 bits per heavy atom. The second kappa shape index (κ2) is 10.2. The van der Waals surface area contributed by atoms with E-state index in [0.717, 1.165) is 12.8 Å². The Bertz CT molecular complexity index is 848. The van der Waals surface area contributed by atoms with Crippen molar-refractivity contribution in [3.63, 3.8) is 0 Å². The summed E-state index contributed by atoms with van der Waals surface area (Å²) in [6, 6.07) is 17.8. The number of para-hydroxylation sites is 2. The van der Waals surface area contributed by atoms with E-state index in [1.165, 1.54) is 32.4 Å². The molecule has 0 aromatic heterocycles. The van der Waals surface area contributed by atoms with Gasteiger partial charge in [0.25, 0.3) is 0 Å². The van der Waals surface area contributed by atoms with Crippen molar-refractivity contribution < 1.29 is 28.0 Å². The van der Waals surface area contributed by atoms with Crippen LogP contribution in [0.1, 0.15) is 32.1 Å². The van der Waals surface area contributed by atoms with Gasteiger partial charge in [0, 0.05) is 5.92 Å². The van der Waals surface area contributed by atoms with Crippen LogP contribution >= 0.6 is 7.75 Å². The molecular formula is C23H30N2O5P+. The average Bonchev–Trinajstić information content (AvgIpc) is 2.78. The summed E-state index contributed by atoms with van der Waals surface area (Å²) >= 11 is 0. The molecule has 4 rings (SSSR count). The summed E-state index contributed by atoms with van der Waals surface area (Å²) in [4.78, 5) is 14.2. The molecule has 0 bridgehead atoms. The molecule has 8 heteroatoms. The Balaban J connectivity index is 1.39. The Morgan fingerprint density at radius 3 is 2.16 bits per heavy atom. The number of fused-ring (bicyclic) bond motifs is 1. The number of quaternary nitrogens is 1. The van der Waals surface area contributed by atoms with Crippen molar-refractivity contribution in [2.75, 3.05) is 19.7 Å². The zero-order chi connectivity index (χ0) is 21.5. The molecule has 2 aliphatic heterocycles. The van der Waals surface area contributed by atoms with Gasteiger partial charge in [-0.25, -0.2) is 14.4 Å². The highest BCUT2D eigenvalue weighted by molar-refractivity contribution is 7.53. The van der Waals surface area contributed by atoms with Crippen LogP contribution in [0.4, 0.5) is 4.79 Å². The van der Waals surface area contributed by atoms with E-state index in [1.54, 1.807) is 53.4 Å². The summed E-state index contributed by atoms with van der Waals surface area (Å²) in [6.45, 7) is 2.73. The van der Waals surface area contributed by atoms with Gasteiger partial charge in [-0.2, -0.15) is 0 Å². The summed E-state index contributed by atoms with van der Waals surface area (Å²) in [6.07, 6.45) is 5.10. The van der Waals surface area contributed by atoms with E-state index in [9.17, 15) is 9.36 Å². The Labute approximate surface area is 183 Å². The van der Waals surface area contributed by atoms with Crippen LogP contribution in [-0.2, 0) is 9.30 Å². The maximum absolute atomic E-state index is 13.4. The minimum Gasteiger partial charge on any atom is -0.449 e. The second-order valence-corrected chi connectivity index (χ2v) is 9.76. The van der Waals surface area contributed by atoms with Crippen LogP contribution in [-0.4, -0.2) is 31.8 Å². The molecule has 3 atom stereocenters. The van der Waals surface area contributed by atoms with Gasteiger partial charge in [0.2, 0.25) is 0 Å². The van der Waals surface area contributed by atoms with Gasteiger partial charge in [0.15, 0.2) is 0 Å². The summed E-state index contributed by atoms with van der Waals surface area (Å²) in [7, 11) is -4.05. The van der Waals surface area contributed by atoms with Crippen LogP contribution in [0.3, 0.4) is 0 Å². The van der Waals surface area contributed by atoms with Crippen molar-refractivity contribution in [2.45, 2.75) is 38.1 Å². The lowest BCUT2D eigenvalue weighted by molar-refractivity contribution is -0.940. The first kappa shape index (κ1) is 21.7. The predicted octanol–water partition coefficient (Wildman–Crippen LogP) is 3.83. The number of hydrogen-bond acceptors (Lipinski definition) is 5. The molecule has 0 spiro atoms. The highest BCUT2D eigenvalue weighted by Crippen LogP contribution is 2.44. The van der Waals surface area contributed by atoms with Crippen LogP contribution in [0.25, 0.3) is 0 Å². The lowest BCUT2D eigenvalue weighted by atomic mass is 9.84. The molecule has 2 heterocycles. The fourth-order valence-electron chi connectivity index (χ4n) is 4.61. The van der Waals surface area contributed by atoms with Crippen LogP contribution < -0.4 is 19.0 Å². The van der Waals surface area contributed by atoms with E-state index in [-0.39, 0.29) is 0 Å². The molecule has 2 aromatic rings. The van der Waals surface area contributed by atoms with Gasteiger partial charge in [-0.3, -0.25) is 0 Å². The maximum atomic E-state index is 13.4. The largest absolute Gasteiger partial charge is 0.546 e. The Hall–Kier alpha value is -2.50. The van der Waals surface area contributed by atoms with Crippen LogP contribution in [0, 0.1) is 5.92 Å². The van der Waals surface area contributed by atoms with E-state index in [0.29, 0.717) is 30.1 Å². The zero-order valence-electron chi connectivity index (χ0n) is 17.6. The maximum Gasteiger partial charge on any atom is 0.546 e. The van der Waals surface area contributed by atoms with Crippen LogP contribution in [0.5, 0.6) is 11.5 Å². The molecule has 0 saturated carbocycles. The van der Waals surface area contributed by atoms with Crippen LogP contribution in [0.2, 0.25) is 0 Å². The molecule has 1 amide bonds. The molecule has 2 aliphatic rings. The molecule has 31 heavy (non-hydrogen) atoms. The third-order valence-electron chi connectivity index (χ3n) is 6.02. The van der Waals surface area contributed by atoms with E-state index >= 15 is 0 Å². The highest BCUT2D eigenvalue weighted by Gasteiger charge is 2.38. The number of nitrogens with one attached hydrogen (secondary N) is 2. The Kier molecular flexibility index (Phi) is 7.15. The highest BCUT2D eigenvalue weighted by atomic mass is 31.2. The van der Waals surface area contributed by atoms with E-state index in [4.69, 9.17) is 13.8 Å². The molecule has 0 radical (unpaired) electrons. The van der Waals surface area contributed by atoms with E-state index in [2.05, 4.69) is 5.09 Å². The molecule has 7 nitrogen and oxygen atoms in total. The van der Waals surface area contributed by atoms with Gasteiger partial charge in [-0.05, 0) is 56.4 Å². The average molecular weight is 445 g/mol. The van der Waals surface area contributed by atoms with Gasteiger partial charge in [-0.15, -0.1) is 0 Å². The van der Waals surface area contributed by atoms with Gasteiger partial charge in [-0.1, -0.05) is 36.4 Å². The van der Waals surface area contributed by atoms with Crippen molar-refractivity contribution >= 4 is 13.8 Å². The van der Waals surface area contributed by atoms with Gasteiger partial charge in [0.1, 0.15) is 18.1 Å². The fourth-order valence-corrected chi connectivity index (χ4v) is 5.82. The monoisotopic (exact) mass is 445 g/mol. The first-order valence-electron chi connectivity index (χ1n) is 11.0. The van der Waals surface area contributed by atoms with Gasteiger partial charge >= 0.3 is 13.8 Å². The first-order valence-corrected chi connectivity index (χ1v) is 12.5. The first-order chi connectivity index (χ1) is 15.1. The third-order valence-corrected chi connectivity index (χ3v) is 7.38. The lowest BCUT2D eigenvalue weighted by Gasteiger charge is -2.40. The number of carbonyl (C=O) groups excluding carboxylic acids is 1. The Morgan fingerprint density at radius 1 is 0.903 bits per heavy atom. The molecule has 2 aromatic carbocycles. The fraction of sp³-hybridized carbons (Fsp3) is 0.435. The van der Waals surface area contributed by atoms with Gasteiger partial charge < -0.3 is 18.7 Å². The van der Waals surface area contributed by atoms with Crippen molar-refractivity contribution in [1.29, 1.82) is 0 Å².